The van der Waals surface area contributed by atoms with Crippen LogP contribution in [0.15, 0.2) is 42.4 Å². The third-order valence-corrected chi connectivity index (χ3v) is 4.95. The largest absolute Gasteiger partial charge is 0.365 e. The summed E-state index contributed by atoms with van der Waals surface area (Å²) in [6.07, 6.45) is 6.30. The number of halogens is 2. The zero-order valence-electron chi connectivity index (χ0n) is 12.5. The Balaban J connectivity index is 1.68. The van der Waals surface area contributed by atoms with Crippen LogP contribution in [-0.2, 0) is 9.53 Å². The van der Waals surface area contributed by atoms with Crippen molar-refractivity contribution in [2.75, 3.05) is 5.32 Å². The predicted octanol–water partition coefficient (Wildman–Crippen LogP) is 3.74. The van der Waals surface area contributed by atoms with E-state index in [4.69, 9.17) is 27.9 Å². The van der Waals surface area contributed by atoms with E-state index < -0.39 is 0 Å². The number of benzene rings is 1. The molecule has 7 heteroatoms. The van der Waals surface area contributed by atoms with Crippen molar-refractivity contribution in [3.63, 3.8) is 0 Å². The van der Waals surface area contributed by atoms with Gasteiger partial charge in [-0.3, -0.25) is 14.8 Å². The van der Waals surface area contributed by atoms with Gasteiger partial charge >= 0.3 is 0 Å². The van der Waals surface area contributed by atoms with Crippen LogP contribution in [0.1, 0.15) is 18.5 Å². The summed E-state index contributed by atoms with van der Waals surface area (Å²) in [6, 6.07) is 4.98. The van der Waals surface area contributed by atoms with E-state index >= 15 is 0 Å². The van der Waals surface area contributed by atoms with E-state index in [0.29, 0.717) is 27.0 Å². The molecule has 2 bridgehead atoms. The number of fused-ring (bicyclic) bond motifs is 2. The number of hydrogen-bond donors (Lipinski definition) is 1. The van der Waals surface area contributed by atoms with Crippen molar-refractivity contribution in [3.05, 3.63) is 58.1 Å². The summed E-state index contributed by atoms with van der Waals surface area (Å²) in [5.41, 5.74) is 2.72. The molecule has 0 unspecified atom stereocenters. The molecule has 1 fully saturated rings. The van der Waals surface area contributed by atoms with E-state index in [1.165, 1.54) is 0 Å². The first-order valence-electron chi connectivity index (χ1n) is 7.56. The monoisotopic (exact) mass is 361 g/mol. The summed E-state index contributed by atoms with van der Waals surface area (Å²) in [5.74, 6) is -0.207. The van der Waals surface area contributed by atoms with Gasteiger partial charge in [0.05, 0.1) is 39.7 Å². The highest BCUT2D eigenvalue weighted by Gasteiger charge is 2.44. The highest BCUT2D eigenvalue weighted by atomic mass is 35.5. The lowest BCUT2D eigenvalue weighted by Crippen LogP contribution is -2.23. The number of carbonyl (C=O) groups excluding carboxylic acids is 1. The van der Waals surface area contributed by atoms with Gasteiger partial charge in [-0.25, -0.2) is 0 Å². The van der Waals surface area contributed by atoms with Crippen LogP contribution in [-0.4, -0.2) is 28.1 Å². The minimum Gasteiger partial charge on any atom is -0.365 e. The lowest BCUT2D eigenvalue weighted by atomic mass is 9.89. The molecular formula is C17H13Cl2N3O2. The van der Waals surface area contributed by atoms with Crippen LogP contribution in [0.2, 0.25) is 10.0 Å². The Bertz CT molecular complexity index is 839. The zero-order valence-corrected chi connectivity index (χ0v) is 14.0. The third-order valence-electron chi connectivity index (χ3n) is 4.21. The molecule has 0 spiro atoms. The van der Waals surface area contributed by atoms with E-state index in [1.807, 2.05) is 0 Å². The Morgan fingerprint density at radius 1 is 1.17 bits per heavy atom. The fraction of sp³-hybridized carbons (Fsp3) is 0.235. The Kier molecular flexibility index (Phi) is 4.00. The van der Waals surface area contributed by atoms with Crippen LogP contribution in [0.3, 0.4) is 0 Å². The Morgan fingerprint density at radius 2 is 2.00 bits per heavy atom. The number of nitrogens with zero attached hydrogens (tertiary/aromatic N) is 2. The van der Waals surface area contributed by atoms with Crippen molar-refractivity contribution in [2.24, 2.45) is 0 Å². The second-order valence-electron chi connectivity index (χ2n) is 5.69. The van der Waals surface area contributed by atoms with Crippen molar-refractivity contribution in [1.82, 2.24) is 9.97 Å². The average Bonchev–Trinajstić information content (AvgIpc) is 3.20. The molecule has 3 heterocycles. The Morgan fingerprint density at radius 3 is 2.75 bits per heavy atom. The predicted molar refractivity (Wildman–Crippen MR) is 91.9 cm³/mol. The number of hydrogen-bond acceptors (Lipinski definition) is 4. The maximum atomic E-state index is 12.8. The van der Waals surface area contributed by atoms with Gasteiger partial charge in [-0.1, -0.05) is 23.2 Å². The first-order chi connectivity index (χ1) is 11.6. The third kappa shape index (κ3) is 2.69. The molecule has 0 aliphatic carbocycles. The van der Waals surface area contributed by atoms with Crippen LogP contribution < -0.4 is 5.32 Å². The van der Waals surface area contributed by atoms with E-state index in [2.05, 4.69) is 15.3 Å². The molecule has 24 heavy (non-hydrogen) atoms. The Labute approximate surface area is 148 Å². The topological polar surface area (TPSA) is 64.1 Å². The zero-order chi connectivity index (χ0) is 16.7. The smallest absolute Gasteiger partial charge is 0.254 e. The lowest BCUT2D eigenvalue weighted by Gasteiger charge is -2.16. The molecule has 1 N–H and O–H groups in total. The average molecular weight is 362 g/mol. The molecule has 1 amide bonds. The molecule has 2 aliphatic rings. The molecule has 4 rings (SSSR count). The molecule has 2 atom stereocenters. The molecule has 1 aromatic carbocycles. The van der Waals surface area contributed by atoms with E-state index in [1.54, 1.807) is 36.8 Å². The lowest BCUT2D eigenvalue weighted by molar-refractivity contribution is -0.113. The standard InChI is InChI=1S/C17H13Cl2N3O2/c18-10-2-1-9(7-11(10)19)22-17(23)16-14-4-3-13(24-14)15(16)12-8-20-5-6-21-12/h1-2,5-8,13-14H,3-4H2,(H,22,23)/t13-,14+/m0/s1. The van der Waals surface area contributed by atoms with Gasteiger partial charge in [-0.15, -0.1) is 0 Å². The van der Waals surface area contributed by atoms with Gasteiger partial charge in [-0.05, 0) is 31.0 Å². The fourth-order valence-electron chi connectivity index (χ4n) is 3.19. The minimum absolute atomic E-state index is 0.0961. The number of aromatic nitrogens is 2. The van der Waals surface area contributed by atoms with Gasteiger partial charge in [0.25, 0.3) is 5.91 Å². The van der Waals surface area contributed by atoms with E-state index in [9.17, 15) is 4.79 Å². The number of anilines is 1. The van der Waals surface area contributed by atoms with Gasteiger partial charge in [0.2, 0.25) is 0 Å². The van der Waals surface area contributed by atoms with Gasteiger partial charge in [0.1, 0.15) is 0 Å². The van der Waals surface area contributed by atoms with Crippen molar-refractivity contribution in [3.8, 4) is 0 Å². The minimum atomic E-state index is -0.207. The van der Waals surface area contributed by atoms with Crippen LogP contribution in [0.4, 0.5) is 5.69 Å². The first kappa shape index (κ1) is 15.6. The molecule has 0 radical (unpaired) electrons. The maximum absolute atomic E-state index is 12.8. The summed E-state index contributed by atoms with van der Waals surface area (Å²) in [7, 11) is 0. The normalized spacial score (nSPS) is 22.1. The first-order valence-corrected chi connectivity index (χ1v) is 8.31. The SMILES string of the molecule is O=C(Nc1ccc(Cl)c(Cl)c1)C1=C(c2cnccn2)[C@@H]2CC[C@H]1O2. The molecule has 0 saturated carbocycles. The van der Waals surface area contributed by atoms with Crippen LogP contribution >= 0.6 is 23.2 Å². The van der Waals surface area contributed by atoms with Crippen molar-refractivity contribution in [2.45, 2.75) is 25.0 Å². The molecule has 122 valence electrons. The molecular weight excluding hydrogens is 349 g/mol. The number of ether oxygens (including phenoxy) is 1. The number of rotatable bonds is 3. The highest BCUT2D eigenvalue weighted by molar-refractivity contribution is 6.42. The van der Waals surface area contributed by atoms with Crippen LogP contribution in [0.25, 0.3) is 5.57 Å². The van der Waals surface area contributed by atoms with Gasteiger partial charge in [-0.2, -0.15) is 0 Å². The van der Waals surface area contributed by atoms with Gasteiger partial charge in [0, 0.05) is 23.7 Å². The summed E-state index contributed by atoms with van der Waals surface area (Å²) >= 11 is 11.9. The highest BCUT2D eigenvalue weighted by Crippen LogP contribution is 2.43. The summed E-state index contributed by atoms with van der Waals surface area (Å²) in [5, 5.41) is 3.70. The van der Waals surface area contributed by atoms with Crippen LogP contribution in [0.5, 0.6) is 0 Å². The van der Waals surface area contributed by atoms with E-state index in [-0.39, 0.29) is 18.1 Å². The number of amides is 1. The Hall–Kier alpha value is -1.95. The molecule has 5 nitrogen and oxygen atoms in total. The number of nitrogens with one attached hydrogen (secondary N) is 1. The second kappa shape index (κ2) is 6.16. The maximum Gasteiger partial charge on any atom is 0.254 e. The fourth-order valence-corrected chi connectivity index (χ4v) is 3.49. The molecule has 1 aromatic heterocycles. The number of carbonyl (C=O) groups is 1. The summed E-state index contributed by atoms with van der Waals surface area (Å²) < 4.78 is 5.90. The molecule has 1 saturated heterocycles. The summed E-state index contributed by atoms with van der Waals surface area (Å²) in [4.78, 5) is 21.2. The van der Waals surface area contributed by atoms with Gasteiger partial charge in [0.15, 0.2) is 0 Å². The quantitative estimate of drug-likeness (QED) is 0.904. The van der Waals surface area contributed by atoms with Crippen LogP contribution in [0, 0.1) is 0 Å². The molecule has 2 aromatic rings. The van der Waals surface area contributed by atoms with Crippen molar-refractivity contribution >= 4 is 40.4 Å². The van der Waals surface area contributed by atoms with Crippen molar-refractivity contribution in [1.29, 1.82) is 0 Å². The van der Waals surface area contributed by atoms with Crippen molar-refractivity contribution < 1.29 is 9.53 Å². The molecule has 2 aliphatic heterocycles. The van der Waals surface area contributed by atoms with E-state index in [0.717, 1.165) is 18.4 Å². The van der Waals surface area contributed by atoms with Gasteiger partial charge < -0.3 is 10.1 Å². The summed E-state index contributed by atoms with van der Waals surface area (Å²) in [6.45, 7) is 0. The second-order valence-corrected chi connectivity index (χ2v) is 6.51.